The molecule has 8 nitrogen and oxygen atoms in total. The molecule has 0 fully saturated rings. The fourth-order valence-corrected chi connectivity index (χ4v) is 5.84. The van der Waals surface area contributed by atoms with Gasteiger partial charge in [0.25, 0.3) is 0 Å². The van der Waals surface area contributed by atoms with Crippen LogP contribution in [0.4, 0.5) is 0 Å². The van der Waals surface area contributed by atoms with E-state index >= 15 is 0 Å². The first-order chi connectivity index (χ1) is 19.3. The lowest BCUT2D eigenvalue weighted by atomic mass is 10.0. The molecule has 4 aromatic rings. The first-order valence-corrected chi connectivity index (χ1v) is 15.0. The van der Waals surface area contributed by atoms with E-state index in [2.05, 4.69) is 70.0 Å². The highest BCUT2D eigenvalue weighted by molar-refractivity contribution is 7.97. The molecule has 2 aromatic carbocycles. The minimum Gasteiger partial charge on any atom is -0.378 e. The average molecular weight is 583 g/mol. The number of aromatic nitrogens is 2. The SMILES string of the molecule is Cc1ccc(-c2c(C)noc2C)cc1SNCCOCCOCCNSc1cc(-c2c(C)noc2C)ccc1C. The summed E-state index contributed by atoms with van der Waals surface area (Å²) in [6.45, 7) is 15.9. The first-order valence-electron chi connectivity index (χ1n) is 13.4. The van der Waals surface area contributed by atoms with Crippen molar-refractivity contribution in [1.82, 2.24) is 19.8 Å². The van der Waals surface area contributed by atoms with Crippen molar-refractivity contribution in [3.63, 3.8) is 0 Å². The van der Waals surface area contributed by atoms with Crippen molar-refractivity contribution in [3.8, 4) is 22.3 Å². The summed E-state index contributed by atoms with van der Waals surface area (Å²) in [5.41, 5.74) is 8.62. The van der Waals surface area contributed by atoms with Crippen LogP contribution in [-0.4, -0.2) is 49.8 Å². The molecule has 0 aliphatic heterocycles. The number of aryl methyl sites for hydroxylation is 6. The Balaban J connectivity index is 1.07. The Morgan fingerprint density at radius 2 is 1.05 bits per heavy atom. The van der Waals surface area contributed by atoms with Gasteiger partial charge in [-0.15, -0.1) is 0 Å². The monoisotopic (exact) mass is 582 g/mol. The second-order valence-corrected chi connectivity index (χ2v) is 11.4. The van der Waals surface area contributed by atoms with Crippen molar-refractivity contribution in [3.05, 3.63) is 70.4 Å². The lowest BCUT2D eigenvalue weighted by molar-refractivity contribution is 0.0525. The van der Waals surface area contributed by atoms with Crippen molar-refractivity contribution in [2.75, 3.05) is 39.5 Å². The number of hydrogen-bond donors (Lipinski definition) is 2. The van der Waals surface area contributed by atoms with Gasteiger partial charge in [-0.05, 0) is 99.8 Å². The van der Waals surface area contributed by atoms with E-state index in [0.717, 1.165) is 58.3 Å². The van der Waals surface area contributed by atoms with Crippen LogP contribution in [0.25, 0.3) is 22.3 Å². The zero-order chi connectivity index (χ0) is 28.5. The Kier molecular flexibility index (Phi) is 11.3. The Bertz CT molecular complexity index is 1260. The number of nitrogens with zero attached hydrogens (tertiary/aromatic N) is 2. The van der Waals surface area contributed by atoms with Crippen LogP contribution in [0.1, 0.15) is 34.0 Å². The second kappa shape index (κ2) is 14.9. The minimum atomic E-state index is 0.568. The molecule has 4 rings (SSSR count). The fourth-order valence-electron chi connectivity index (χ4n) is 4.33. The molecule has 2 heterocycles. The van der Waals surface area contributed by atoms with E-state index in [1.54, 1.807) is 23.9 Å². The molecule has 0 spiro atoms. The van der Waals surface area contributed by atoms with Crippen LogP contribution in [0.15, 0.2) is 55.2 Å². The van der Waals surface area contributed by atoms with Crippen LogP contribution >= 0.6 is 23.9 Å². The Morgan fingerprint density at radius 1 is 0.625 bits per heavy atom. The van der Waals surface area contributed by atoms with Gasteiger partial charge in [0, 0.05) is 34.0 Å². The summed E-state index contributed by atoms with van der Waals surface area (Å²) in [7, 11) is 0. The fraction of sp³-hybridized carbons (Fsp3) is 0.400. The van der Waals surface area contributed by atoms with Crippen molar-refractivity contribution >= 4 is 23.9 Å². The molecule has 0 amide bonds. The predicted molar refractivity (Wildman–Crippen MR) is 162 cm³/mol. The van der Waals surface area contributed by atoms with E-state index in [-0.39, 0.29) is 0 Å². The largest absolute Gasteiger partial charge is 0.378 e. The molecule has 40 heavy (non-hydrogen) atoms. The molecule has 0 aliphatic rings. The lowest BCUT2D eigenvalue weighted by Gasteiger charge is -2.11. The van der Waals surface area contributed by atoms with Gasteiger partial charge < -0.3 is 18.5 Å². The van der Waals surface area contributed by atoms with E-state index < -0.39 is 0 Å². The number of rotatable bonds is 15. The summed E-state index contributed by atoms with van der Waals surface area (Å²) in [6, 6.07) is 12.8. The molecule has 2 aromatic heterocycles. The Morgan fingerprint density at radius 3 is 1.43 bits per heavy atom. The highest BCUT2D eigenvalue weighted by Gasteiger charge is 2.14. The van der Waals surface area contributed by atoms with Gasteiger partial charge >= 0.3 is 0 Å². The van der Waals surface area contributed by atoms with Gasteiger partial charge in [-0.25, -0.2) is 0 Å². The molecular weight excluding hydrogens is 544 g/mol. The summed E-state index contributed by atoms with van der Waals surface area (Å²) in [6.07, 6.45) is 0. The van der Waals surface area contributed by atoms with Crippen LogP contribution in [0.5, 0.6) is 0 Å². The van der Waals surface area contributed by atoms with E-state index in [1.807, 2.05) is 27.7 Å². The summed E-state index contributed by atoms with van der Waals surface area (Å²) >= 11 is 3.23. The van der Waals surface area contributed by atoms with E-state index in [9.17, 15) is 0 Å². The molecule has 0 radical (unpaired) electrons. The summed E-state index contributed by atoms with van der Waals surface area (Å²) in [5.74, 6) is 1.68. The zero-order valence-electron chi connectivity index (χ0n) is 24.1. The Hall–Kier alpha value is -2.60. The highest BCUT2D eigenvalue weighted by atomic mass is 32.2. The van der Waals surface area contributed by atoms with Crippen LogP contribution in [0.3, 0.4) is 0 Å². The Labute approximate surface area is 245 Å². The normalized spacial score (nSPS) is 11.4. The van der Waals surface area contributed by atoms with Crippen LogP contribution in [0.2, 0.25) is 0 Å². The molecule has 0 atom stereocenters. The summed E-state index contributed by atoms with van der Waals surface area (Å²) in [5, 5.41) is 8.15. The van der Waals surface area contributed by atoms with Crippen LogP contribution in [0, 0.1) is 41.5 Å². The summed E-state index contributed by atoms with van der Waals surface area (Å²) < 4.78 is 28.9. The number of ether oxygens (including phenoxy) is 2. The van der Waals surface area contributed by atoms with E-state index in [1.165, 1.54) is 20.9 Å². The quantitative estimate of drug-likeness (QED) is 0.115. The zero-order valence-corrected chi connectivity index (χ0v) is 25.7. The van der Waals surface area contributed by atoms with E-state index in [4.69, 9.17) is 18.5 Å². The smallest absolute Gasteiger partial charge is 0.141 e. The van der Waals surface area contributed by atoms with Crippen molar-refractivity contribution < 1.29 is 18.5 Å². The standard InChI is InChI=1S/C30H38N4O4S2/c1-19-7-9-25(29-21(3)33-37-23(29)5)17-27(19)39-31-11-13-35-15-16-36-14-12-32-40-28-18-26(10-8-20(28)2)30-22(4)34-38-24(30)6/h7-10,17-18,31-32H,11-16H2,1-6H3. The van der Waals surface area contributed by atoms with Gasteiger partial charge in [0.1, 0.15) is 11.5 Å². The highest BCUT2D eigenvalue weighted by Crippen LogP contribution is 2.32. The molecule has 0 unspecified atom stereocenters. The molecule has 2 N–H and O–H groups in total. The average Bonchev–Trinajstić information content (AvgIpc) is 3.46. The van der Waals surface area contributed by atoms with Gasteiger partial charge in [0.15, 0.2) is 0 Å². The van der Waals surface area contributed by atoms with Gasteiger partial charge in [0.05, 0.1) is 37.8 Å². The van der Waals surface area contributed by atoms with Gasteiger partial charge in [0.2, 0.25) is 0 Å². The third kappa shape index (κ3) is 7.99. The number of hydrogen-bond acceptors (Lipinski definition) is 10. The third-order valence-electron chi connectivity index (χ3n) is 6.45. The van der Waals surface area contributed by atoms with Crippen molar-refractivity contribution in [2.24, 2.45) is 0 Å². The van der Waals surface area contributed by atoms with E-state index in [0.29, 0.717) is 26.4 Å². The third-order valence-corrected chi connectivity index (χ3v) is 8.47. The molecular formula is C30H38N4O4S2. The lowest BCUT2D eigenvalue weighted by Crippen LogP contribution is -2.17. The predicted octanol–water partition coefficient (Wildman–Crippen LogP) is 6.77. The maximum atomic E-state index is 5.72. The van der Waals surface area contributed by atoms with Crippen LogP contribution in [-0.2, 0) is 9.47 Å². The first kappa shape index (κ1) is 30.4. The molecule has 10 heteroatoms. The van der Waals surface area contributed by atoms with Crippen molar-refractivity contribution in [1.29, 1.82) is 0 Å². The molecule has 0 saturated heterocycles. The number of benzene rings is 2. The maximum Gasteiger partial charge on any atom is 0.141 e. The minimum absolute atomic E-state index is 0.568. The van der Waals surface area contributed by atoms with Crippen LogP contribution < -0.4 is 9.44 Å². The molecule has 0 saturated carbocycles. The molecule has 214 valence electrons. The van der Waals surface area contributed by atoms with Crippen molar-refractivity contribution in [2.45, 2.75) is 51.3 Å². The summed E-state index contributed by atoms with van der Waals surface area (Å²) in [4.78, 5) is 2.36. The van der Waals surface area contributed by atoms with Gasteiger partial charge in [-0.3, -0.25) is 9.44 Å². The second-order valence-electron chi connectivity index (χ2n) is 9.58. The molecule has 0 bridgehead atoms. The topological polar surface area (TPSA) is 94.6 Å². The molecule has 0 aliphatic carbocycles. The van der Waals surface area contributed by atoms with Gasteiger partial charge in [-0.2, -0.15) is 0 Å². The number of nitrogens with one attached hydrogen (secondary N) is 2. The van der Waals surface area contributed by atoms with Gasteiger partial charge in [-0.1, -0.05) is 34.6 Å². The maximum absolute atomic E-state index is 5.72.